The molecule has 0 aromatic carbocycles. The highest BCUT2D eigenvalue weighted by molar-refractivity contribution is 5.70. The van der Waals surface area contributed by atoms with E-state index in [2.05, 4.69) is 0 Å². The van der Waals surface area contributed by atoms with Crippen LogP contribution in [0.1, 0.15) is 46.0 Å². The number of hydrogen-bond acceptors (Lipinski definition) is 2. The van der Waals surface area contributed by atoms with Crippen molar-refractivity contribution < 1.29 is 14.6 Å². The molecule has 3 nitrogen and oxygen atoms in total. The van der Waals surface area contributed by atoms with Crippen LogP contribution in [0.15, 0.2) is 0 Å². The van der Waals surface area contributed by atoms with E-state index in [1.807, 2.05) is 13.8 Å². The van der Waals surface area contributed by atoms with Gasteiger partial charge in [0.1, 0.15) is 0 Å². The fourth-order valence-corrected chi connectivity index (χ4v) is 2.23. The zero-order chi connectivity index (χ0) is 11.3. The Morgan fingerprint density at radius 2 is 2.00 bits per heavy atom. The van der Waals surface area contributed by atoms with Gasteiger partial charge in [-0.25, -0.2) is 0 Å². The monoisotopic (exact) mass is 214 g/mol. The molecule has 0 heterocycles. The van der Waals surface area contributed by atoms with Gasteiger partial charge in [0.25, 0.3) is 0 Å². The van der Waals surface area contributed by atoms with Crippen LogP contribution in [0.3, 0.4) is 0 Å². The van der Waals surface area contributed by atoms with Crippen molar-refractivity contribution in [2.75, 3.05) is 6.61 Å². The Bertz CT molecular complexity index is 201. The van der Waals surface area contributed by atoms with Crippen molar-refractivity contribution in [3.63, 3.8) is 0 Å². The average Bonchev–Trinajstić information content (AvgIpc) is 2.39. The molecule has 0 radical (unpaired) electrons. The number of ether oxygens (including phenoxy) is 1. The van der Waals surface area contributed by atoms with Crippen molar-refractivity contribution in [1.82, 2.24) is 0 Å². The van der Waals surface area contributed by atoms with E-state index in [1.165, 1.54) is 6.42 Å². The second-order valence-corrected chi connectivity index (χ2v) is 4.72. The summed E-state index contributed by atoms with van der Waals surface area (Å²) in [6.07, 6.45) is 5.39. The highest BCUT2D eigenvalue weighted by Crippen LogP contribution is 2.29. The summed E-state index contributed by atoms with van der Waals surface area (Å²) in [6, 6.07) is 0. The van der Waals surface area contributed by atoms with Crippen molar-refractivity contribution in [3.05, 3.63) is 0 Å². The summed E-state index contributed by atoms with van der Waals surface area (Å²) in [5, 5.41) is 9.14. The van der Waals surface area contributed by atoms with E-state index in [0.29, 0.717) is 6.61 Å². The van der Waals surface area contributed by atoms with Crippen molar-refractivity contribution >= 4 is 5.97 Å². The lowest BCUT2D eigenvalue weighted by molar-refractivity contribution is -0.145. The minimum absolute atomic E-state index is 0.189. The van der Waals surface area contributed by atoms with E-state index in [9.17, 15) is 4.79 Å². The Hall–Kier alpha value is -0.570. The molecule has 1 aliphatic carbocycles. The van der Waals surface area contributed by atoms with Crippen LogP contribution in [0, 0.1) is 11.8 Å². The average molecular weight is 214 g/mol. The van der Waals surface area contributed by atoms with Crippen LogP contribution in [-0.2, 0) is 9.53 Å². The number of hydrogen-bond donors (Lipinski definition) is 1. The summed E-state index contributed by atoms with van der Waals surface area (Å²) in [5.74, 6) is -0.618. The van der Waals surface area contributed by atoms with Crippen molar-refractivity contribution in [1.29, 1.82) is 0 Å². The first-order valence-electron chi connectivity index (χ1n) is 5.95. The van der Waals surface area contributed by atoms with E-state index in [1.54, 1.807) is 0 Å². The topological polar surface area (TPSA) is 46.5 Å². The lowest BCUT2D eigenvalue weighted by Gasteiger charge is -2.22. The van der Waals surface area contributed by atoms with E-state index >= 15 is 0 Å². The third-order valence-corrected chi connectivity index (χ3v) is 3.12. The summed E-state index contributed by atoms with van der Waals surface area (Å²) in [6.45, 7) is 4.59. The molecule has 3 heteroatoms. The molecule has 1 fully saturated rings. The summed E-state index contributed by atoms with van der Waals surface area (Å²) in [5.41, 5.74) is 0. The third-order valence-electron chi connectivity index (χ3n) is 3.12. The highest BCUT2D eigenvalue weighted by atomic mass is 16.5. The highest BCUT2D eigenvalue weighted by Gasteiger charge is 2.29. The Labute approximate surface area is 91.8 Å². The maximum atomic E-state index is 11.1. The van der Waals surface area contributed by atoms with Gasteiger partial charge in [-0.05, 0) is 32.6 Å². The summed E-state index contributed by atoms with van der Waals surface area (Å²) in [7, 11) is 0. The second kappa shape index (κ2) is 6.11. The lowest BCUT2D eigenvalue weighted by atomic mass is 9.88. The first-order chi connectivity index (χ1) is 7.11. The van der Waals surface area contributed by atoms with E-state index in [4.69, 9.17) is 9.84 Å². The molecule has 2 atom stereocenters. The molecular formula is C12H22O3. The minimum Gasteiger partial charge on any atom is -0.481 e. The van der Waals surface area contributed by atoms with Crippen LogP contribution in [0.2, 0.25) is 0 Å². The third kappa shape index (κ3) is 4.20. The van der Waals surface area contributed by atoms with Crippen molar-refractivity contribution in [2.24, 2.45) is 11.8 Å². The number of rotatable bonds is 4. The smallest absolute Gasteiger partial charge is 0.306 e. The summed E-state index contributed by atoms with van der Waals surface area (Å²) >= 11 is 0. The summed E-state index contributed by atoms with van der Waals surface area (Å²) < 4.78 is 5.55. The first-order valence-corrected chi connectivity index (χ1v) is 5.95. The zero-order valence-electron chi connectivity index (χ0n) is 9.74. The van der Waals surface area contributed by atoms with E-state index < -0.39 is 5.97 Å². The number of carboxylic acid groups (broad SMARTS) is 1. The SMILES string of the molecule is CC(C)OCC1CCCCCC1C(=O)O. The minimum atomic E-state index is -0.644. The molecule has 1 rings (SSSR count). The summed E-state index contributed by atoms with van der Waals surface area (Å²) in [4.78, 5) is 11.1. The molecule has 0 bridgehead atoms. The second-order valence-electron chi connectivity index (χ2n) is 4.72. The van der Waals surface area contributed by atoms with Gasteiger partial charge in [0.2, 0.25) is 0 Å². The van der Waals surface area contributed by atoms with Gasteiger partial charge in [0, 0.05) is 0 Å². The van der Waals surface area contributed by atoms with Crippen LogP contribution in [-0.4, -0.2) is 23.8 Å². The van der Waals surface area contributed by atoms with Gasteiger partial charge >= 0.3 is 5.97 Å². The van der Waals surface area contributed by atoms with Crippen LogP contribution >= 0.6 is 0 Å². The van der Waals surface area contributed by atoms with Crippen LogP contribution < -0.4 is 0 Å². The Morgan fingerprint density at radius 1 is 1.33 bits per heavy atom. The van der Waals surface area contributed by atoms with Gasteiger partial charge in [-0.15, -0.1) is 0 Å². The maximum absolute atomic E-state index is 11.1. The molecule has 2 unspecified atom stereocenters. The van der Waals surface area contributed by atoms with Crippen molar-refractivity contribution in [3.8, 4) is 0 Å². The fourth-order valence-electron chi connectivity index (χ4n) is 2.23. The molecule has 0 aromatic rings. The van der Waals surface area contributed by atoms with Gasteiger partial charge in [-0.3, -0.25) is 4.79 Å². The number of aliphatic carboxylic acids is 1. The fraction of sp³-hybridized carbons (Fsp3) is 0.917. The molecule has 1 N–H and O–H groups in total. The van der Waals surface area contributed by atoms with Crippen molar-refractivity contribution in [2.45, 2.75) is 52.1 Å². The van der Waals surface area contributed by atoms with Gasteiger partial charge in [-0.1, -0.05) is 19.3 Å². The zero-order valence-corrected chi connectivity index (χ0v) is 9.74. The van der Waals surface area contributed by atoms with Crippen LogP contribution in [0.5, 0.6) is 0 Å². The molecule has 88 valence electrons. The molecule has 0 aromatic heterocycles. The predicted octanol–water partition coefficient (Wildman–Crippen LogP) is 2.69. The molecule has 0 amide bonds. The molecular weight excluding hydrogens is 192 g/mol. The molecule has 15 heavy (non-hydrogen) atoms. The standard InChI is InChI=1S/C12H22O3/c1-9(2)15-8-10-6-4-3-5-7-11(10)12(13)14/h9-11H,3-8H2,1-2H3,(H,13,14). The molecule has 0 saturated heterocycles. The lowest BCUT2D eigenvalue weighted by Crippen LogP contribution is -2.27. The normalized spacial score (nSPS) is 27.7. The van der Waals surface area contributed by atoms with Crippen LogP contribution in [0.25, 0.3) is 0 Å². The molecule has 1 saturated carbocycles. The predicted molar refractivity (Wildman–Crippen MR) is 58.8 cm³/mol. The maximum Gasteiger partial charge on any atom is 0.306 e. The van der Waals surface area contributed by atoms with Crippen LogP contribution in [0.4, 0.5) is 0 Å². The van der Waals surface area contributed by atoms with Gasteiger partial charge in [-0.2, -0.15) is 0 Å². The van der Waals surface area contributed by atoms with Gasteiger partial charge < -0.3 is 9.84 Å². The largest absolute Gasteiger partial charge is 0.481 e. The Morgan fingerprint density at radius 3 is 2.60 bits per heavy atom. The number of carbonyl (C=O) groups is 1. The molecule has 1 aliphatic rings. The van der Waals surface area contributed by atoms with E-state index in [0.717, 1.165) is 25.7 Å². The Kier molecular flexibility index (Phi) is 5.09. The molecule has 0 aliphatic heterocycles. The number of carboxylic acids is 1. The Balaban J connectivity index is 2.50. The van der Waals surface area contributed by atoms with Gasteiger partial charge in [0.05, 0.1) is 18.6 Å². The molecule has 0 spiro atoms. The van der Waals surface area contributed by atoms with Gasteiger partial charge in [0.15, 0.2) is 0 Å². The first kappa shape index (κ1) is 12.5. The van der Waals surface area contributed by atoms with E-state index in [-0.39, 0.29) is 17.9 Å². The quantitative estimate of drug-likeness (QED) is 0.732.